The first kappa shape index (κ1) is 27.7. The number of nitrogens with one attached hydrogen (secondary N) is 2. The van der Waals surface area contributed by atoms with Crippen molar-refractivity contribution in [1.29, 1.82) is 0 Å². The summed E-state index contributed by atoms with van der Waals surface area (Å²) in [5.74, 6) is -1.85. The molecular weight excluding hydrogens is 586 g/mol. The Bertz CT molecular complexity index is 1360. The van der Waals surface area contributed by atoms with E-state index in [1.165, 1.54) is 42.9 Å². The van der Waals surface area contributed by atoms with Crippen LogP contribution in [0.3, 0.4) is 0 Å². The molecule has 1 aromatic carbocycles. The summed E-state index contributed by atoms with van der Waals surface area (Å²) in [5, 5.41) is 9.37. The summed E-state index contributed by atoms with van der Waals surface area (Å²) >= 11 is 15.5. The molecule has 2 amide bonds. The summed E-state index contributed by atoms with van der Waals surface area (Å²) in [5.41, 5.74) is -1.16. The summed E-state index contributed by atoms with van der Waals surface area (Å²) in [6.07, 6.45) is -2.85. The third kappa shape index (κ3) is 6.45. The number of aryl methyl sites for hydroxylation is 1. The number of halogens is 6. The SMILES string of the molecule is Cc1cc(Cl)cc(/C=C(/C(=O)NC(C)C)C(F)(F)F)c1NC(=O)c1cc(Br)nn1-c1ncccc1Cl. The standard InChI is InChI=1S/C23H19BrCl2F3N5O2/c1-11(2)31-21(35)15(23(27,28)29)9-13-8-14(25)7-12(3)19(13)32-22(36)17-10-18(24)33-34(17)20-16(26)5-4-6-30-20/h4-11H,1-3H3,(H,31,35)(H,32,36)/b15-9-. The molecule has 0 saturated heterocycles. The van der Waals surface area contributed by atoms with E-state index in [1.54, 1.807) is 19.1 Å². The summed E-state index contributed by atoms with van der Waals surface area (Å²) < 4.78 is 42.8. The van der Waals surface area contributed by atoms with Crippen LogP contribution in [0.4, 0.5) is 18.9 Å². The molecule has 0 atom stereocenters. The van der Waals surface area contributed by atoms with E-state index in [9.17, 15) is 22.8 Å². The van der Waals surface area contributed by atoms with Crippen molar-refractivity contribution in [3.63, 3.8) is 0 Å². The van der Waals surface area contributed by atoms with Crippen LogP contribution in [0.25, 0.3) is 11.9 Å². The van der Waals surface area contributed by atoms with Gasteiger partial charge in [0.2, 0.25) is 0 Å². The zero-order valence-electron chi connectivity index (χ0n) is 19.0. The monoisotopic (exact) mass is 603 g/mol. The lowest BCUT2D eigenvalue weighted by molar-refractivity contribution is -0.130. The van der Waals surface area contributed by atoms with E-state index in [1.807, 2.05) is 0 Å². The van der Waals surface area contributed by atoms with Crippen LogP contribution in [0.2, 0.25) is 10.0 Å². The van der Waals surface area contributed by atoms with Gasteiger partial charge >= 0.3 is 6.18 Å². The normalized spacial score (nSPS) is 12.1. The second kappa shape index (κ2) is 11.0. The molecule has 2 N–H and O–H groups in total. The van der Waals surface area contributed by atoms with Gasteiger partial charge in [0.25, 0.3) is 11.8 Å². The Morgan fingerprint density at radius 3 is 2.50 bits per heavy atom. The number of carbonyl (C=O) groups is 2. The lowest BCUT2D eigenvalue weighted by Gasteiger charge is -2.17. The van der Waals surface area contributed by atoms with Crippen molar-refractivity contribution in [2.75, 3.05) is 5.32 Å². The average molecular weight is 605 g/mol. The van der Waals surface area contributed by atoms with Gasteiger partial charge in [-0.1, -0.05) is 23.2 Å². The molecule has 0 aliphatic heterocycles. The predicted octanol–water partition coefficient (Wildman–Crippen LogP) is 6.37. The van der Waals surface area contributed by atoms with E-state index in [0.29, 0.717) is 16.2 Å². The number of pyridine rings is 1. The van der Waals surface area contributed by atoms with Crippen LogP contribution in [0.1, 0.15) is 35.5 Å². The van der Waals surface area contributed by atoms with Gasteiger partial charge in [-0.05, 0) is 72.6 Å². The van der Waals surface area contributed by atoms with Gasteiger partial charge in [0.15, 0.2) is 5.82 Å². The van der Waals surface area contributed by atoms with Gasteiger partial charge in [-0.3, -0.25) is 9.59 Å². The highest BCUT2D eigenvalue weighted by Gasteiger charge is 2.39. The summed E-state index contributed by atoms with van der Waals surface area (Å²) in [6, 6.07) is 6.74. The Hall–Kier alpha value is -2.89. The minimum atomic E-state index is -4.96. The highest BCUT2D eigenvalue weighted by molar-refractivity contribution is 9.10. The number of alkyl halides is 3. The van der Waals surface area contributed by atoms with Crippen molar-refractivity contribution in [3.8, 4) is 5.82 Å². The van der Waals surface area contributed by atoms with Crippen LogP contribution in [-0.4, -0.2) is 38.8 Å². The maximum absolute atomic E-state index is 13.8. The molecule has 0 saturated carbocycles. The molecule has 0 aliphatic rings. The number of amides is 2. The maximum atomic E-state index is 13.8. The lowest BCUT2D eigenvalue weighted by atomic mass is 10.0. The molecule has 2 aromatic heterocycles. The Kier molecular flexibility index (Phi) is 8.48. The van der Waals surface area contributed by atoms with Gasteiger partial charge in [0.1, 0.15) is 15.9 Å². The van der Waals surface area contributed by atoms with Crippen LogP contribution in [0.15, 0.2) is 46.7 Å². The van der Waals surface area contributed by atoms with Crippen LogP contribution in [0, 0.1) is 6.92 Å². The second-order valence-corrected chi connectivity index (χ2v) is 9.55. The van der Waals surface area contributed by atoms with E-state index in [4.69, 9.17) is 23.2 Å². The zero-order valence-corrected chi connectivity index (χ0v) is 22.1. The van der Waals surface area contributed by atoms with Gasteiger partial charge in [0.05, 0.1) is 10.7 Å². The van der Waals surface area contributed by atoms with Gasteiger partial charge in [-0.25, -0.2) is 9.67 Å². The fraction of sp³-hybridized carbons (Fsp3) is 0.217. The highest BCUT2D eigenvalue weighted by atomic mass is 79.9. The van der Waals surface area contributed by atoms with E-state index < -0.39 is 29.6 Å². The van der Waals surface area contributed by atoms with Crippen molar-refractivity contribution in [3.05, 3.63) is 73.6 Å². The second-order valence-electron chi connectivity index (χ2n) is 7.90. The van der Waals surface area contributed by atoms with Crippen molar-refractivity contribution in [2.45, 2.75) is 33.0 Å². The van der Waals surface area contributed by atoms with Gasteiger partial charge in [0, 0.05) is 28.9 Å². The fourth-order valence-electron chi connectivity index (χ4n) is 3.21. The summed E-state index contributed by atoms with van der Waals surface area (Å²) in [4.78, 5) is 29.7. The molecule has 36 heavy (non-hydrogen) atoms. The molecule has 3 rings (SSSR count). The van der Waals surface area contributed by atoms with Crippen LogP contribution < -0.4 is 10.6 Å². The molecule has 0 spiro atoms. The van der Waals surface area contributed by atoms with Crippen LogP contribution in [-0.2, 0) is 4.79 Å². The van der Waals surface area contributed by atoms with Crippen molar-refractivity contribution < 1.29 is 22.8 Å². The number of carbonyl (C=O) groups excluding carboxylic acids is 2. The van der Waals surface area contributed by atoms with Gasteiger partial charge < -0.3 is 10.6 Å². The number of nitrogens with zero attached hydrogens (tertiary/aromatic N) is 3. The topological polar surface area (TPSA) is 88.9 Å². The molecule has 0 unspecified atom stereocenters. The molecule has 0 radical (unpaired) electrons. The summed E-state index contributed by atoms with van der Waals surface area (Å²) in [6.45, 7) is 4.63. The molecule has 0 aliphatic carbocycles. The number of benzene rings is 1. The fourth-order valence-corrected chi connectivity index (χ4v) is 4.07. The van der Waals surface area contributed by atoms with Crippen molar-refractivity contribution in [2.24, 2.45) is 0 Å². The van der Waals surface area contributed by atoms with Gasteiger partial charge in [-0.2, -0.15) is 18.3 Å². The zero-order chi connectivity index (χ0) is 26.8. The molecular formula is C23H19BrCl2F3N5O2. The average Bonchev–Trinajstić information content (AvgIpc) is 3.14. The molecule has 13 heteroatoms. The van der Waals surface area contributed by atoms with E-state index >= 15 is 0 Å². The number of anilines is 1. The first-order chi connectivity index (χ1) is 16.8. The third-order valence-electron chi connectivity index (χ3n) is 4.69. The molecule has 2 heterocycles. The molecule has 3 aromatic rings. The Balaban J connectivity index is 2.10. The van der Waals surface area contributed by atoms with E-state index in [-0.39, 0.29) is 32.8 Å². The first-order valence-corrected chi connectivity index (χ1v) is 11.9. The Labute approximate surface area is 222 Å². The smallest absolute Gasteiger partial charge is 0.350 e. The number of hydrogen-bond acceptors (Lipinski definition) is 4. The van der Waals surface area contributed by atoms with E-state index in [2.05, 4.69) is 36.6 Å². The largest absolute Gasteiger partial charge is 0.421 e. The Morgan fingerprint density at radius 1 is 1.19 bits per heavy atom. The number of hydrogen-bond donors (Lipinski definition) is 2. The lowest BCUT2D eigenvalue weighted by Crippen LogP contribution is -2.36. The predicted molar refractivity (Wildman–Crippen MR) is 136 cm³/mol. The number of aromatic nitrogens is 3. The van der Waals surface area contributed by atoms with Crippen LogP contribution in [0.5, 0.6) is 0 Å². The quantitative estimate of drug-likeness (QED) is 0.320. The minimum Gasteiger partial charge on any atom is -0.350 e. The Morgan fingerprint density at radius 2 is 1.89 bits per heavy atom. The molecule has 0 fully saturated rings. The first-order valence-electron chi connectivity index (χ1n) is 10.4. The maximum Gasteiger partial charge on any atom is 0.421 e. The van der Waals surface area contributed by atoms with Crippen molar-refractivity contribution >= 4 is 62.7 Å². The number of rotatable bonds is 6. The van der Waals surface area contributed by atoms with Crippen molar-refractivity contribution in [1.82, 2.24) is 20.1 Å². The highest BCUT2D eigenvalue weighted by Crippen LogP contribution is 2.33. The molecule has 190 valence electrons. The summed E-state index contributed by atoms with van der Waals surface area (Å²) in [7, 11) is 0. The molecule has 7 nitrogen and oxygen atoms in total. The van der Waals surface area contributed by atoms with Crippen LogP contribution >= 0.6 is 39.1 Å². The third-order valence-corrected chi connectivity index (χ3v) is 5.59. The van der Waals surface area contributed by atoms with Gasteiger partial charge in [-0.15, -0.1) is 0 Å². The van der Waals surface area contributed by atoms with E-state index in [0.717, 1.165) is 0 Å². The minimum absolute atomic E-state index is 0.000324. The molecule has 0 bridgehead atoms.